The van der Waals surface area contributed by atoms with E-state index in [1.54, 1.807) is 31.2 Å². The first-order chi connectivity index (χ1) is 13.6. The van der Waals surface area contributed by atoms with E-state index in [0.29, 0.717) is 30.0 Å². The minimum atomic E-state index is -0.629. The smallest absolute Gasteiger partial charge is 0.338 e. The lowest BCUT2D eigenvalue weighted by molar-refractivity contribution is -0.122. The molecule has 3 aromatic rings. The molecule has 0 saturated heterocycles. The van der Waals surface area contributed by atoms with Gasteiger partial charge in [-0.3, -0.25) is 4.79 Å². The number of amides is 1. The molecule has 5 heteroatoms. The van der Waals surface area contributed by atoms with E-state index >= 15 is 0 Å². The monoisotopic (exact) mass is 377 g/mol. The fourth-order valence-electron chi connectivity index (χ4n) is 2.90. The normalized spacial score (nSPS) is 11.6. The van der Waals surface area contributed by atoms with Crippen molar-refractivity contribution in [3.8, 4) is 5.75 Å². The molecule has 1 atom stereocenters. The molecule has 0 bridgehead atoms. The largest absolute Gasteiger partial charge is 0.480 e. The molecule has 0 fully saturated rings. The topological polar surface area (TPSA) is 64.6 Å². The maximum absolute atomic E-state index is 12.7. The van der Waals surface area contributed by atoms with Crippen molar-refractivity contribution in [2.45, 2.75) is 26.4 Å². The first-order valence-electron chi connectivity index (χ1n) is 9.34. The lowest BCUT2D eigenvalue weighted by atomic mass is 10.1. The Morgan fingerprint density at radius 1 is 0.929 bits per heavy atom. The molecular formula is C23H23NO4. The highest BCUT2D eigenvalue weighted by Crippen LogP contribution is 2.26. The van der Waals surface area contributed by atoms with E-state index in [9.17, 15) is 9.59 Å². The first-order valence-corrected chi connectivity index (χ1v) is 9.34. The summed E-state index contributed by atoms with van der Waals surface area (Å²) in [5.74, 6) is 0.0585. The summed E-state index contributed by atoms with van der Waals surface area (Å²) < 4.78 is 11.0. The van der Waals surface area contributed by atoms with Gasteiger partial charge in [-0.05, 0) is 49.1 Å². The van der Waals surface area contributed by atoms with E-state index in [-0.39, 0.29) is 11.9 Å². The van der Waals surface area contributed by atoms with Crippen molar-refractivity contribution in [2.24, 2.45) is 0 Å². The first kappa shape index (κ1) is 19.4. The van der Waals surface area contributed by atoms with Crippen molar-refractivity contribution in [1.29, 1.82) is 0 Å². The summed E-state index contributed by atoms with van der Waals surface area (Å²) in [6.45, 7) is 3.98. The molecule has 0 aromatic heterocycles. The second-order valence-corrected chi connectivity index (χ2v) is 6.28. The molecular weight excluding hydrogens is 354 g/mol. The number of rotatable bonds is 7. The Morgan fingerprint density at radius 3 is 2.36 bits per heavy atom. The van der Waals surface area contributed by atoms with Gasteiger partial charge in [0.2, 0.25) is 0 Å². The quantitative estimate of drug-likeness (QED) is 0.600. The van der Waals surface area contributed by atoms with Crippen LogP contribution in [0, 0.1) is 0 Å². The fraction of sp³-hybridized carbons (Fsp3) is 0.217. The van der Waals surface area contributed by atoms with E-state index in [0.717, 1.165) is 10.8 Å². The number of ether oxygens (including phenoxy) is 2. The van der Waals surface area contributed by atoms with E-state index in [2.05, 4.69) is 5.32 Å². The van der Waals surface area contributed by atoms with Crippen molar-refractivity contribution in [2.75, 3.05) is 11.9 Å². The minimum Gasteiger partial charge on any atom is -0.480 e. The number of nitrogens with one attached hydrogen (secondary N) is 1. The van der Waals surface area contributed by atoms with Gasteiger partial charge in [0.05, 0.1) is 12.2 Å². The van der Waals surface area contributed by atoms with Crippen LogP contribution in [0.3, 0.4) is 0 Å². The molecule has 3 aromatic carbocycles. The summed E-state index contributed by atoms with van der Waals surface area (Å²) in [4.78, 5) is 24.4. The highest BCUT2D eigenvalue weighted by Gasteiger charge is 2.19. The summed E-state index contributed by atoms with van der Waals surface area (Å²) in [7, 11) is 0. The molecule has 1 amide bonds. The van der Waals surface area contributed by atoms with Crippen molar-refractivity contribution in [1.82, 2.24) is 0 Å². The van der Waals surface area contributed by atoms with Crippen LogP contribution in [0.15, 0.2) is 66.7 Å². The van der Waals surface area contributed by atoms with Crippen molar-refractivity contribution in [3.05, 3.63) is 72.3 Å². The maximum Gasteiger partial charge on any atom is 0.338 e. The number of carbonyl (C=O) groups excluding carboxylic acids is 2. The van der Waals surface area contributed by atoms with Gasteiger partial charge in [0.25, 0.3) is 5.91 Å². The Morgan fingerprint density at radius 2 is 1.64 bits per heavy atom. The number of fused-ring (bicyclic) bond motifs is 1. The standard InChI is InChI=1S/C23H23NO4/c1-3-20(28-21-11-7-9-16-8-5-6-10-19(16)21)22(25)24-18-14-12-17(13-15-18)23(26)27-4-2/h5-15,20H,3-4H2,1-2H3,(H,24,25)/t20-/m0/s1. The number of hydrogen-bond donors (Lipinski definition) is 1. The van der Waals surface area contributed by atoms with Gasteiger partial charge in [0.1, 0.15) is 5.75 Å². The molecule has 0 saturated carbocycles. The third-order valence-electron chi connectivity index (χ3n) is 4.35. The number of benzene rings is 3. The van der Waals surface area contributed by atoms with E-state index < -0.39 is 6.10 Å². The molecule has 0 spiro atoms. The van der Waals surface area contributed by atoms with Crippen LogP contribution in [-0.2, 0) is 9.53 Å². The van der Waals surface area contributed by atoms with E-state index in [4.69, 9.17) is 9.47 Å². The van der Waals surface area contributed by atoms with Crippen molar-refractivity contribution >= 4 is 28.3 Å². The van der Waals surface area contributed by atoms with Crippen LogP contribution >= 0.6 is 0 Å². The van der Waals surface area contributed by atoms with Gasteiger partial charge in [-0.1, -0.05) is 43.3 Å². The van der Waals surface area contributed by atoms with Gasteiger partial charge >= 0.3 is 5.97 Å². The molecule has 28 heavy (non-hydrogen) atoms. The maximum atomic E-state index is 12.7. The highest BCUT2D eigenvalue weighted by molar-refractivity contribution is 5.96. The Labute approximate surface area is 164 Å². The van der Waals surface area contributed by atoms with Crippen LogP contribution in [0.4, 0.5) is 5.69 Å². The minimum absolute atomic E-state index is 0.237. The van der Waals surface area contributed by atoms with Gasteiger partial charge in [-0.25, -0.2) is 4.79 Å². The zero-order valence-electron chi connectivity index (χ0n) is 16.0. The SMILES string of the molecule is CCOC(=O)c1ccc(NC(=O)[C@H](CC)Oc2cccc3ccccc23)cc1. The molecule has 3 rings (SSSR count). The van der Waals surface area contributed by atoms with Crippen LogP contribution in [0.2, 0.25) is 0 Å². The number of esters is 1. The van der Waals surface area contributed by atoms with Gasteiger partial charge in [-0.15, -0.1) is 0 Å². The third kappa shape index (κ3) is 4.49. The molecule has 0 aliphatic carbocycles. The summed E-state index contributed by atoms with van der Waals surface area (Å²) in [6, 6.07) is 20.3. The van der Waals surface area contributed by atoms with Crippen molar-refractivity contribution in [3.63, 3.8) is 0 Å². The second kappa shape index (κ2) is 9.04. The Bertz CT molecular complexity index is 961. The molecule has 144 valence electrons. The predicted octanol–water partition coefficient (Wildman–Crippen LogP) is 4.81. The van der Waals surface area contributed by atoms with Gasteiger partial charge in [0.15, 0.2) is 6.10 Å². The molecule has 0 aliphatic rings. The van der Waals surface area contributed by atoms with Crippen LogP contribution in [-0.4, -0.2) is 24.6 Å². The fourth-order valence-corrected chi connectivity index (χ4v) is 2.90. The zero-order valence-corrected chi connectivity index (χ0v) is 16.0. The Kier molecular flexibility index (Phi) is 6.27. The molecule has 0 heterocycles. The summed E-state index contributed by atoms with van der Waals surface area (Å²) in [5.41, 5.74) is 1.04. The van der Waals surface area contributed by atoms with Gasteiger partial charge in [0, 0.05) is 11.1 Å². The summed E-state index contributed by atoms with van der Waals surface area (Å²) >= 11 is 0. The Balaban J connectivity index is 1.70. The van der Waals surface area contributed by atoms with Crippen LogP contribution in [0.1, 0.15) is 30.6 Å². The Hall–Kier alpha value is -3.34. The molecule has 5 nitrogen and oxygen atoms in total. The second-order valence-electron chi connectivity index (χ2n) is 6.28. The van der Waals surface area contributed by atoms with Crippen molar-refractivity contribution < 1.29 is 19.1 Å². The lowest BCUT2D eigenvalue weighted by Crippen LogP contribution is -2.32. The summed E-state index contributed by atoms with van der Waals surface area (Å²) in [5, 5.41) is 4.87. The number of hydrogen-bond acceptors (Lipinski definition) is 4. The molecule has 0 unspecified atom stereocenters. The van der Waals surface area contributed by atoms with Crippen LogP contribution < -0.4 is 10.1 Å². The molecule has 0 radical (unpaired) electrons. The van der Waals surface area contributed by atoms with Crippen LogP contribution in [0.5, 0.6) is 5.75 Å². The van der Waals surface area contributed by atoms with E-state index in [1.807, 2.05) is 49.4 Å². The highest BCUT2D eigenvalue weighted by atomic mass is 16.5. The average molecular weight is 377 g/mol. The van der Waals surface area contributed by atoms with Gasteiger partial charge in [-0.2, -0.15) is 0 Å². The molecule has 1 N–H and O–H groups in total. The lowest BCUT2D eigenvalue weighted by Gasteiger charge is -2.18. The third-order valence-corrected chi connectivity index (χ3v) is 4.35. The molecule has 0 aliphatic heterocycles. The van der Waals surface area contributed by atoms with Crippen LogP contribution in [0.25, 0.3) is 10.8 Å². The van der Waals surface area contributed by atoms with E-state index in [1.165, 1.54) is 0 Å². The van der Waals surface area contributed by atoms with Gasteiger partial charge < -0.3 is 14.8 Å². The summed E-state index contributed by atoms with van der Waals surface area (Å²) in [6.07, 6.45) is -0.105. The number of anilines is 1. The number of carbonyl (C=O) groups is 2. The zero-order chi connectivity index (χ0) is 19.9. The predicted molar refractivity (Wildman–Crippen MR) is 110 cm³/mol. The average Bonchev–Trinajstić information content (AvgIpc) is 2.72.